The van der Waals surface area contributed by atoms with E-state index in [4.69, 9.17) is 10.6 Å². The molecule has 0 aliphatic rings. The standard InChI is InChI=1S/C17H21FN2O/c1-11-5-4-6-12(2)15(11)10-17(20-19)14-8-7-13(21-3)9-16(14)18/h4-9,17,20H,10,19H2,1-3H3. The normalized spacial score (nSPS) is 12.2. The Morgan fingerprint density at radius 3 is 2.38 bits per heavy atom. The Morgan fingerprint density at radius 2 is 1.86 bits per heavy atom. The molecule has 0 heterocycles. The summed E-state index contributed by atoms with van der Waals surface area (Å²) in [5.41, 5.74) is 6.82. The van der Waals surface area contributed by atoms with Crippen LogP contribution in [0.4, 0.5) is 4.39 Å². The maximum absolute atomic E-state index is 14.2. The Bertz CT molecular complexity index is 608. The molecule has 3 nitrogen and oxygen atoms in total. The first-order chi connectivity index (χ1) is 10.1. The number of ether oxygens (including phenoxy) is 1. The summed E-state index contributed by atoms with van der Waals surface area (Å²) in [5.74, 6) is 5.83. The second kappa shape index (κ2) is 6.70. The highest BCUT2D eigenvalue weighted by Crippen LogP contribution is 2.26. The van der Waals surface area contributed by atoms with E-state index >= 15 is 0 Å². The minimum Gasteiger partial charge on any atom is -0.497 e. The van der Waals surface area contributed by atoms with Crippen LogP contribution < -0.4 is 16.0 Å². The quantitative estimate of drug-likeness (QED) is 0.656. The maximum Gasteiger partial charge on any atom is 0.131 e. The van der Waals surface area contributed by atoms with E-state index in [-0.39, 0.29) is 11.9 Å². The Labute approximate surface area is 124 Å². The molecule has 0 amide bonds. The molecule has 2 rings (SSSR count). The Kier molecular flexibility index (Phi) is 4.94. The molecule has 0 radical (unpaired) electrons. The predicted octanol–water partition coefficient (Wildman–Crippen LogP) is 3.20. The van der Waals surface area contributed by atoms with E-state index < -0.39 is 0 Å². The van der Waals surface area contributed by atoms with Crippen molar-refractivity contribution in [2.75, 3.05) is 7.11 Å². The fourth-order valence-electron chi connectivity index (χ4n) is 2.55. The second-order valence-electron chi connectivity index (χ2n) is 5.18. The van der Waals surface area contributed by atoms with Gasteiger partial charge in [0.1, 0.15) is 11.6 Å². The number of nitrogens with one attached hydrogen (secondary N) is 1. The van der Waals surface area contributed by atoms with Crippen LogP contribution in [0.1, 0.15) is 28.3 Å². The lowest BCUT2D eigenvalue weighted by Crippen LogP contribution is -2.30. The number of aryl methyl sites for hydroxylation is 2. The molecule has 0 aromatic heterocycles. The van der Waals surface area contributed by atoms with Crippen LogP contribution in [0.5, 0.6) is 5.75 Å². The van der Waals surface area contributed by atoms with Gasteiger partial charge in [-0.15, -0.1) is 0 Å². The van der Waals surface area contributed by atoms with E-state index in [1.807, 2.05) is 6.07 Å². The monoisotopic (exact) mass is 288 g/mol. The fourth-order valence-corrected chi connectivity index (χ4v) is 2.55. The van der Waals surface area contributed by atoms with Crippen molar-refractivity contribution in [2.24, 2.45) is 5.84 Å². The summed E-state index contributed by atoms with van der Waals surface area (Å²) in [6.45, 7) is 4.11. The van der Waals surface area contributed by atoms with Gasteiger partial charge < -0.3 is 4.74 Å². The van der Waals surface area contributed by atoms with Crippen molar-refractivity contribution in [1.29, 1.82) is 0 Å². The van der Waals surface area contributed by atoms with Crippen LogP contribution in [0.2, 0.25) is 0 Å². The molecule has 0 saturated carbocycles. The first-order valence-electron chi connectivity index (χ1n) is 6.91. The van der Waals surface area contributed by atoms with Crippen molar-refractivity contribution in [3.05, 3.63) is 64.5 Å². The molecule has 0 aliphatic carbocycles. The van der Waals surface area contributed by atoms with Crippen molar-refractivity contribution >= 4 is 0 Å². The predicted molar refractivity (Wildman–Crippen MR) is 82.6 cm³/mol. The first-order valence-corrected chi connectivity index (χ1v) is 6.91. The van der Waals surface area contributed by atoms with E-state index in [2.05, 4.69) is 31.4 Å². The molecule has 0 bridgehead atoms. The summed E-state index contributed by atoms with van der Waals surface area (Å²) in [4.78, 5) is 0. The average molecular weight is 288 g/mol. The van der Waals surface area contributed by atoms with Gasteiger partial charge in [-0.1, -0.05) is 24.3 Å². The third-order valence-electron chi connectivity index (χ3n) is 3.84. The van der Waals surface area contributed by atoms with Gasteiger partial charge in [-0.05, 0) is 43.0 Å². The lowest BCUT2D eigenvalue weighted by atomic mass is 9.93. The smallest absolute Gasteiger partial charge is 0.131 e. The molecule has 2 aromatic carbocycles. The summed E-state index contributed by atoms with van der Waals surface area (Å²) in [5, 5.41) is 0. The molecule has 4 heteroatoms. The van der Waals surface area contributed by atoms with E-state index in [0.717, 1.165) is 0 Å². The van der Waals surface area contributed by atoms with Crippen molar-refractivity contribution in [3.8, 4) is 5.75 Å². The number of nitrogens with two attached hydrogens (primary N) is 1. The number of methoxy groups -OCH3 is 1. The number of rotatable bonds is 5. The molecule has 0 aliphatic heterocycles. The summed E-state index contributed by atoms with van der Waals surface area (Å²) in [6, 6.07) is 10.7. The van der Waals surface area contributed by atoms with Gasteiger partial charge in [0, 0.05) is 11.6 Å². The minimum absolute atomic E-state index is 0.282. The Balaban J connectivity index is 2.32. The highest BCUT2D eigenvalue weighted by atomic mass is 19.1. The minimum atomic E-state index is -0.316. The maximum atomic E-state index is 14.2. The Morgan fingerprint density at radius 1 is 1.19 bits per heavy atom. The topological polar surface area (TPSA) is 47.3 Å². The number of hydrogen-bond donors (Lipinski definition) is 2. The molecule has 0 saturated heterocycles. The van der Waals surface area contributed by atoms with Gasteiger partial charge in [-0.2, -0.15) is 0 Å². The number of halogens is 1. The van der Waals surface area contributed by atoms with Crippen LogP contribution in [0.3, 0.4) is 0 Å². The first kappa shape index (κ1) is 15.5. The molecule has 3 N–H and O–H groups in total. The van der Waals surface area contributed by atoms with Crippen LogP contribution in [0.15, 0.2) is 36.4 Å². The number of hydrogen-bond acceptors (Lipinski definition) is 3. The van der Waals surface area contributed by atoms with Gasteiger partial charge in [-0.3, -0.25) is 11.3 Å². The number of benzene rings is 2. The van der Waals surface area contributed by atoms with Gasteiger partial charge in [0.2, 0.25) is 0 Å². The summed E-state index contributed by atoms with van der Waals surface area (Å²) in [6.07, 6.45) is 0.637. The molecule has 1 unspecified atom stereocenters. The molecule has 0 spiro atoms. The zero-order chi connectivity index (χ0) is 15.4. The van der Waals surface area contributed by atoms with Crippen LogP contribution in [-0.4, -0.2) is 7.11 Å². The highest BCUT2D eigenvalue weighted by Gasteiger charge is 2.17. The summed E-state index contributed by atoms with van der Waals surface area (Å²) in [7, 11) is 1.52. The molecular formula is C17H21FN2O. The van der Waals surface area contributed by atoms with Crippen molar-refractivity contribution in [2.45, 2.75) is 26.3 Å². The fraction of sp³-hybridized carbons (Fsp3) is 0.294. The Hall–Kier alpha value is -1.91. The second-order valence-corrected chi connectivity index (χ2v) is 5.18. The van der Waals surface area contributed by atoms with Gasteiger partial charge in [0.25, 0.3) is 0 Å². The molecule has 112 valence electrons. The third-order valence-corrected chi connectivity index (χ3v) is 3.84. The van der Waals surface area contributed by atoms with Crippen molar-refractivity contribution < 1.29 is 9.13 Å². The lowest BCUT2D eigenvalue weighted by Gasteiger charge is -2.20. The van der Waals surface area contributed by atoms with Gasteiger partial charge in [0.05, 0.1) is 13.2 Å². The highest BCUT2D eigenvalue weighted by molar-refractivity contribution is 5.37. The van der Waals surface area contributed by atoms with Crippen LogP contribution >= 0.6 is 0 Å². The van der Waals surface area contributed by atoms with Crippen LogP contribution in [-0.2, 0) is 6.42 Å². The largest absolute Gasteiger partial charge is 0.497 e. The van der Waals surface area contributed by atoms with Crippen molar-refractivity contribution in [1.82, 2.24) is 5.43 Å². The molecule has 2 aromatic rings. The lowest BCUT2D eigenvalue weighted by molar-refractivity contribution is 0.409. The van der Waals surface area contributed by atoms with Gasteiger partial charge in [0.15, 0.2) is 0 Å². The van der Waals surface area contributed by atoms with Gasteiger partial charge >= 0.3 is 0 Å². The summed E-state index contributed by atoms with van der Waals surface area (Å²) >= 11 is 0. The summed E-state index contributed by atoms with van der Waals surface area (Å²) < 4.78 is 19.2. The van der Waals surface area contributed by atoms with E-state index in [9.17, 15) is 4.39 Å². The zero-order valence-electron chi connectivity index (χ0n) is 12.6. The average Bonchev–Trinajstić information content (AvgIpc) is 2.47. The van der Waals surface area contributed by atoms with Crippen LogP contribution in [0, 0.1) is 19.7 Å². The van der Waals surface area contributed by atoms with Gasteiger partial charge in [-0.25, -0.2) is 4.39 Å². The van der Waals surface area contributed by atoms with E-state index in [1.165, 1.54) is 29.9 Å². The number of hydrazine groups is 1. The van der Waals surface area contributed by atoms with Crippen LogP contribution in [0.25, 0.3) is 0 Å². The molecule has 1 atom stereocenters. The zero-order valence-corrected chi connectivity index (χ0v) is 12.6. The van der Waals surface area contributed by atoms with Crippen molar-refractivity contribution in [3.63, 3.8) is 0 Å². The van der Waals surface area contributed by atoms with E-state index in [0.29, 0.717) is 17.7 Å². The molecular weight excluding hydrogens is 267 g/mol. The SMILES string of the molecule is COc1ccc(C(Cc2c(C)cccc2C)NN)c(F)c1. The molecule has 0 fully saturated rings. The molecule has 21 heavy (non-hydrogen) atoms. The van der Waals surface area contributed by atoms with E-state index in [1.54, 1.807) is 12.1 Å². The third kappa shape index (κ3) is 3.40.